The number of carbonyl (C=O) groups is 1. The Morgan fingerprint density at radius 3 is 2.32 bits per heavy atom. The average Bonchev–Trinajstić information content (AvgIpc) is 3.23. The molecule has 3 atom stereocenters. The third-order valence-electron chi connectivity index (χ3n) is 6.43. The van der Waals surface area contributed by atoms with Gasteiger partial charge in [0.25, 0.3) is 0 Å². The molecule has 28 heavy (non-hydrogen) atoms. The predicted molar refractivity (Wildman–Crippen MR) is 112 cm³/mol. The second kappa shape index (κ2) is 6.32. The van der Waals surface area contributed by atoms with E-state index in [1.165, 1.54) is 11.1 Å². The van der Waals surface area contributed by atoms with Crippen molar-refractivity contribution in [1.29, 1.82) is 0 Å². The number of anilines is 1. The molecule has 5 rings (SSSR count). The van der Waals surface area contributed by atoms with Crippen molar-refractivity contribution in [2.24, 2.45) is 0 Å². The number of nitrogens with zero attached hydrogens (tertiary/aromatic N) is 1. The topological polar surface area (TPSA) is 32.3 Å². The van der Waals surface area contributed by atoms with Gasteiger partial charge in [0, 0.05) is 18.8 Å². The highest BCUT2D eigenvalue weighted by Crippen LogP contribution is 2.56. The van der Waals surface area contributed by atoms with Gasteiger partial charge in [0.05, 0.1) is 11.5 Å². The Labute approximate surface area is 166 Å². The Kier molecular flexibility index (Phi) is 3.88. The zero-order valence-corrected chi connectivity index (χ0v) is 16.2. The second-order valence-electron chi connectivity index (χ2n) is 8.03. The van der Waals surface area contributed by atoms with E-state index in [9.17, 15) is 4.79 Å². The van der Waals surface area contributed by atoms with Crippen molar-refractivity contribution in [3.63, 3.8) is 0 Å². The minimum atomic E-state index is -0.581. The predicted octanol–water partition coefficient (Wildman–Crippen LogP) is 4.69. The molecule has 1 amide bonds. The quantitative estimate of drug-likeness (QED) is 0.712. The lowest BCUT2D eigenvalue weighted by atomic mass is 9.72. The molecule has 2 heterocycles. The van der Waals surface area contributed by atoms with Gasteiger partial charge in [-0.15, -0.1) is 0 Å². The summed E-state index contributed by atoms with van der Waals surface area (Å²) in [6, 6.07) is 27.4. The fourth-order valence-corrected chi connectivity index (χ4v) is 5.02. The summed E-state index contributed by atoms with van der Waals surface area (Å²) >= 11 is 0. The number of likely N-dealkylation sites (N-methyl/N-ethyl adjacent to an activating group) is 1. The first-order chi connectivity index (χ1) is 13.6. The molecule has 0 aromatic heterocycles. The Bertz CT molecular complexity index is 1030. The van der Waals surface area contributed by atoms with Gasteiger partial charge in [-0.2, -0.15) is 0 Å². The van der Waals surface area contributed by atoms with Gasteiger partial charge >= 0.3 is 0 Å². The van der Waals surface area contributed by atoms with Crippen molar-refractivity contribution >= 4 is 11.6 Å². The van der Waals surface area contributed by atoms with E-state index in [0.717, 1.165) is 23.2 Å². The number of aryl methyl sites for hydroxylation is 1. The maximum Gasteiger partial charge on any atom is 0.239 e. The molecule has 1 N–H and O–H groups in total. The zero-order valence-electron chi connectivity index (χ0n) is 16.2. The van der Waals surface area contributed by atoms with Gasteiger partial charge in [0.15, 0.2) is 0 Å². The lowest BCUT2D eigenvalue weighted by Gasteiger charge is -2.30. The normalized spacial score (nSPS) is 26.1. The van der Waals surface area contributed by atoms with Crippen molar-refractivity contribution in [2.75, 3.05) is 11.9 Å². The number of nitrogens with one attached hydrogen (secondary N) is 1. The number of hydrogen-bond donors (Lipinski definition) is 1. The van der Waals surface area contributed by atoms with Gasteiger partial charge in [0.2, 0.25) is 5.91 Å². The highest BCUT2D eigenvalue weighted by atomic mass is 16.2. The number of carbonyl (C=O) groups excluding carboxylic acids is 1. The van der Waals surface area contributed by atoms with Crippen molar-refractivity contribution in [2.45, 2.75) is 30.8 Å². The minimum absolute atomic E-state index is 0.0568. The van der Waals surface area contributed by atoms with Crippen LogP contribution in [0.5, 0.6) is 0 Å². The van der Waals surface area contributed by atoms with Gasteiger partial charge in [-0.3, -0.25) is 4.79 Å². The molecule has 0 unspecified atom stereocenters. The van der Waals surface area contributed by atoms with Crippen LogP contribution >= 0.6 is 0 Å². The van der Waals surface area contributed by atoms with Crippen molar-refractivity contribution in [3.8, 4) is 0 Å². The molecule has 0 aliphatic carbocycles. The summed E-state index contributed by atoms with van der Waals surface area (Å²) in [6.07, 6.45) is 0.760. The maximum atomic E-state index is 13.7. The van der Waals surface area contributed by atoms with Crippen LogP contribution in [0.4, 0.5) is 5.69 Å². The summed E-state index contributed by atoms with van der Waals surface area (Å²) in [7, 11) is 1.90. The third kappa shape index (κ3) is 2.36. The SMILES string of the molecule is Cc1ccc([C@H]2C[C@@]3(C(=O)N(C)c4ccccc43)[C@@H](c3ccccc3)N2)cc1. The molecule has 3 heteroatoms. The number of hydrogen-bond acceptors (Lipinski definition) is 2. The first kappa shape index (κ1) is 17.2. The standard InChI is InChI=1S/C25H24N2O/c1-17-12-14-18(15-13-17)21-16-25(23(26-21)19-8-4-3-5-9-19)20-10-6-7-11-22(20)27(2)24(25)28/h3-15,21,23,26H,16H2,1-2H3/t21-,23-,25+/m1/s1. The molecule has 3 nitrogen and oxygen atoms in total. The average molecular weight is 368 g/mol. The van der Waals surface area contributed by atoms with Crippen LogP contribution in [0.15, 0.2) is 78.9 Å². The van der Waals surface area contributed by atoms with Gasteiger partial charge in [0.1, 0.15) is 0 Å². The van der Waals surface area contributed by atoms with E-state index < -0.39 is 5.41 Å². The monoisotopic (exact) mass is 368 g/mol. The molecule has 3 aromatic rings. The van der Waals surface area contributed by atoms with Crippen LogP contribution in [0.25, 0.3) is 0 Å². The molecule has 1 fully saturated rings. The van der Waals surface area contributed by atoms with E-state index in [2.05, 4.69) is 72.9 Å². The van der Waals surface area contributed by atoms with Gasteiger partial charge in [-0.1, -0.05) is 78.4 Å². The largest absolute Gasteiger partial charge is 0.314 e. The molecular weight excluding hydrogens is 344 g/mol. The molecule has 1 saturated heterocycles. The fourth-order valence-electron chi connectivity index (χ4n) is 5.02. The van der Waals surface area contributed by atoms with Crippen LogP contribution in [-0.2, 0) is 10.2 Å². The summed E-state index contributed by atoms with van der Waals surface area (Å²) < 4.78 is 0. The smallest absolute Gasteiger partial charge is 0.239 e. The number of fused-ring (bicyclic) bond motifs is 2. The first-order valence-corrected chi connectivity index (χ1v) is 9.86. The van der Waals surface area contributed by atoms with E-state index in [-0.39, 0.29) is 18.0 Å². The first-order valence-electron chi connectivity index (χ1n) is 9.86. The van der Waals surface area contributed by atoms with E-state index in [1.807, 2.05) is 30.1 Å². The number of rotatable bonds is 2. The molecule has 2 aliphatic rings. The summed E-state index contributed by atoms with van der Waals surface area (Å²) in [5, 5.41) is 3.82. The second-order valence-corrected chi connectivity index (χ2v) is 8.03. The minimum Gasteiger partial charge on any atom is -0.314 e. The Morgan fingerprint density at radius 2 is 1.57 bits per heavy atom. The highest BCUT2D eigenvalue weighted by Gasteiger charge is 2.59. The Hall–Kier alpha value is -2.91. The number of benzene rings is 3. The van der Waals surface area contributed by atoms with E-state index in [4.69, 9.17) is 0 Å². The molecule has 140 valence electrons. The Balaban J connectivity index is 1.68. The fraction of sp³-hybridized carbons (Fsp3) is 0.240. The van der Waals surface area contributed by atoms with Gasteiger partial charge in [-0.25, -0.2) is 0 Å². The lowest BCUT2D eigenvalue weighted by Crippen LogP contribution is -2.42. The van der Waals surface area contributed by atoms with Gasteiger partial charge in [-0.05, 0) is 36.1 Å². The van der Waals surface area contributed by atoms with Crippen LogP contribution in [0.2, 0.25) is 0 Å². The van der Waals surface area contributed by atoms with Crippen LogP contribution < -0.4 is 10.2 Å². The summed E-state index contributed by atoms with van der Waals surface area (Å²) in [4.78, 5) is 15.5. The Morgan fingerprint density at radius 1 is 0.893 bits per heavy atom. The van der Waals surface area contributed by atoms with E-state index in [1.54, 1.807) is 0 Å². The highest BCUT2D eigenvalue weighted by molar-refractivity contribution is 6.08. The summed E-state index contributed by atoms with van der Waals surface area (Å²) in [5.74, 6) is 0.185. The number of para-hydroxylation sites is 1. The van der Waals surface area contributed by atoms with E-state index >= 15 is 0 Å². The number of amides is 1. The zero-order chi connectivity index (χ0) is 19.3. The molecule has 0 saturated carbocycles. The molecule has 0 radical (unpaired) electrons. The van der Waals surface area contributed by atoms with Crippen molar-refractivity contribution in [3.05, 3.63) is 101 Å². The van der Waals surface area contributed by atoms with Crippen LogP contribution in [0, 0.1) is 6.92 Å². The summed E-state index contributed by atoms with van der Waals surface area (Å²) in [6.45, 7) is 2.10. The van der Waals surface area contributed by atoms with E-state index in [0.29, 0.717) is 0 Å². The maximum absolute atomic E-state index is 13.7. The van der Waals surface area contributed by atoms with Crippen LogP contribution in [-0.4, -0.2) is 13.0 Å². The molecular formula is C25H24N2O. The molecule has 3 aromatic carbocycles. The van der Waals surface area contributed by atoms with Crippen LogP contribution in [0.1, 0.15) is 40.8 Å². The summed E-state index contributed by atoms with van der Waals surface area (Å²) in [5.41, 5.74) is 5.23. The van der Waals surface area contributed by atoms with Crippen molar-refractivity contribution < 1.29 is 4.79 Å². The molecule has 2 aliphatic heterocycles. The van der Waals surface area contributed by atoms with Crippen LogP contribution in [0.3, 0.4) is 0 Å². The van der Waals surface area contributed by atoms with Crippen molar-refractivity contribution in [1.82, 2.24) is 5.32 Å². The van der Waals surface area contributed by atoms with Gasteiger partial charge < -0.3 is 10.2 Å². The lowest BCUT2D eigenvalue weighted by molar-refractivity contribution is -0.123. The molecule has 0 bridgehead atoms. The molecule has 1 spiro atoms. The third-order valence-corrected chi connectivity index (χ3v) is 6.43.